The van der Waals surface area contributed by atoms with Crippen LogP contribution in [0.15, 0.2) is 6.07 Å². The van der Waals surface area contributed by atoms with Gasteiger partial charge in [0.1, 0.15) is 17.5 Å². The van der Waals surface area contributed by atoms with E-state index in [2.05, 4.69) is 30.7 Å². The second kappa shape index (κ2) is 5.95. The summed E-state index contributed by atoms with van der Waals surface area (Å²) in [6.45, 7) is 7.46. The van der Waals surface area contributed by atoms with Gasteiger partial charge >= 0.3 is 0 Å². The van der Waals surface area contributed by atoms with E-state index in [0.717, 1.165) is 37.4 Å². The lowest BCUT2D eigenvalue weighted by Crippen LogP contribution is -2.41. The molecule has 5 nitrogen and oxygen atoms in total. The number of anilines is 2. The Kier molecular flexibility index (Phi) is 4.48. The lowest BCUT2D eigenvalue weighted by molar-refractivity contribution is 0.262. The lowest BCUT2D eigenvalue weighted by atomic mass is 9.95. The van der Waals surface area contributed by atoms with Gasteiger partial charge in [0.05, 0.1) is 0 Å². The number of aromatic nitrogens is 2. The van der Waals surface area contributed by atoms with Crippen LogP contribution in [0.4, 0.5) is 11.6 Å². The molecule has 2 rings (SSSR count). The van der Waals surface area contributed by atoms with Crippen molar-refractivity contribution in [2.45, 2.75) is 57.9 Å². The summed E-state index contributed by atoms with van der Waals surface area (Å²) in [6, 6.07) is 2.21. The van der Waals surface area contributed by atoms with E-state index in [4.69, 9.17) is 10.7 Å². The zero-order valence-corrected chi connectivity index (χ0v) is 12.8. The fourth-order valence-corrected chi connectivity index (χ4v) is 2.69. The third-order valence-electron chi connectivity index (χ3n) is 3.79. The molecule has 1 aliphatic heterocycles. The molecule has 0 aliphatic carbocycles. The molecule has 1 aromatic heterocycles. The first-order valence-electron chi connectivity index (χ1n) is 7.44. The molecule has 0 bridgehead atoms. The van der Waals surface area contributed by atoms with E-state index in [1.54, 1.807) is 0 Å². The maximum atomic E-state index is 9.24. The number of aliphatic hydroxyl groups is 1. The molecule has 1 aliphatic rings. The van der Waals surface area contributed by atoms with E-state index in [9.17, 15) is 5.11 Å². The quantitative estimate of drug-likeness (QED) is 0.885. The van der Waals surface area contributed by atoms with Gasteiger partial charge in [-0.2, -0.15) is 0 Å². The van der Waals surface area contributed by atoms with Crippen LogP contribution in [0.5, 0.6) is 0 Å². The van der Waals surface area contributed by atoms with Crippen LogP contribution in [0.1, 0.15) is 52.3 Å². The third kappa shape index (κ3) is 3.39. The Balaban J connectivity index is 2.32. The molecule has 0 radical (unpaired) electrons. The van der Waals surface area contributed by atoms with Gasteiger partial charge in [-0.1, -0.05) is 20.8 Å². The monoisotopic (exact) mass is 278 g/mol. The van der Waals surface area contributed by atoms with Crippen molar-refractivity contribution in [1.29, 1.82) is 0 Å². The maximum Gasteiger partial charge on any atom is 0.138 e. The number of nitrogen functional groups attached to an aromatic ring is 1. The average molecular weight is 278 g/mol. The van der Waals surface area contributed by atoms with E-state index in [0.29, 0.717) is 11.9 Å². The van der Waals surface area contributed by atoms with Crippen LogP contribution in [0, 0.1) is 0 Å². The Hall–Kier alpha value is -1.36. The van der Waals surface area contributed by atoms with Gasteiger partial charge in [-0.3, -0.25) is 0 Å². The Morgan fingerprint density at radius 3 is 2.75 bits per heavy atom. The van der Waals surface area contributed by atoms with Crippen molar-refractivity contribution in [3.05, 3.63) is 11.9 Å². The van der Waals surface area contributed by atoms with Crippen LogP contribution in [0.25, 0.3) is 0 Å². The van der Waals surface area contributed by atoms with Crippen molar-refractivity contribution in [2.24, 2.45) is 0 Å². The highest BCUT2D eigenvalue weighted by atomic mass is 16.3. The van der Waals surface area contributed by atoms with Crippen LogP contribution in [-0.2, 0) is 5.41 Å². The normalized spacial score (nSPS) is 20.2. The van der Waals surface area contributed by atoms with Crippen LogP contribution in [0.2, 0.25) is 0 Å². The summed E-state index contributed by atoms with van der Waals surface area (Å²) in [5.41, 5.74) is 5.84. The van der Waals surface area contributed by atoms with Crippen molar-refractivity contribution in [1.82, 2.24) is 9.97 Å². The summed E-state index contributed by atoms with van der Waals surface area (Å²) >= 11 is 0. The van der Waals surface area contributed by atoms with Crippen LogP contribution in [-0.4, -0.2) is 34.3 Å². The van der Waals surface area contributed by atoms with Crippen LogP contribution >= 0.6 is 0 Å². The van der Waals surface area contributed by atoms with Gasteiger partial charge in [0.15, 0.2) is 0 Å². The molecule has 1 saturated heterocycles. The second-order valence-corrected chi connectivity index (χ2v) is 6.58. The minimum Gasteiger partial charge on any atom is -0.396 e. The number of hydrogen-bond donors (Lipinski definition) is 2. The van der Waals surface area contributed by atoms with Gasteiger partial charge in [0.25, 0.3) is 0 Å². The summed E-state index contributed by atoms with van der Waals surface area (Å²) in [6.07, 6.45) is 4.27. The first-order chi connectivity index (χ1) is 9.41. The smallest absolute Gasteiger partial charge is 0.138 e. The summed E-state index contributed by atoms with van der Waals surface area (Å²) in [7, 11) is 0. The van der Waals surface area contributed by atoms with Gasteiger partial charge in [-0.15, -0.1) is 0 Å². The van der Waals surface area contributed by atoms with Gasteiger partial charge in [0, 0.05) is 30.7 Å². The zero-order valence-electron chi connectivity index (χ0n) is 12.8. The minimum absolute atomic E-state index is 0.119. The highest BCUT2D eigenvalue weighted by Crippen LogP contribution is 2.28. The molecule has 112 valence electrons. The number of nitrogens with two attached hydrogens (primary N) is 1. The third-order valence-corrected chi connectivity index (χ3v) is 3.79. The lowest BCUT2D eigenvalue weighted by Gasteiger charge is -2.37. The molecule has 1 aromatic rings. The van der Waals surface area contributed by atoms with Gasteiger partial charge in [0.2, 0.25) is 0 Å². The van der Waals surface area contributed by atoms with Crippen LogP contribution < -0.4 is 10.6 Å². The summed E-state index contributed by atoms with van der Waals surface area (Å²) in [5.74, 6) is 2.20. The maximum absolute atomic E-state index is 9.24. The molecule has 0 amide bonds. The number of nitrogens with zero attached hydrogens (tertiary/aromatic N) is 3. The summed E-state index contributed by atoms with van der Waals surface area (Å²) in [5, 5.41) is 9.24. The van der Waals surface area contributed by atoms with E-state index < -0.39 is 0 Å². The van der Waals surface area contributed by atoms with Gasteiger partial charge in [-0.25, -0.2) is 9.97 Å². The predicted molar refractivity (Wildman–Crippen MR) is 81.8 cm³/mol. The summed E-state index contributed by atoms with van der Waals surface area (Å²) in [4.78, 5) is 11.4. The molecule has 1 unspecified atom stereocenters. The highest BCUT2D eigenvalue weighted by Gasteiger charge is 2.26. The van der Waals surface area contributed by atoms with E-state index in [1.165, 1.54) is 6.42 Å². The molecular weight excluding hydrogens is 252 g/mol. The standard InChI is InChI=1S/C15H26N4O/c1-15(2,3)14-17-12(16)10-13(18-14)19-8-5-4-6-11(19)7-9-20/h10-11,20H,4-9H2,1-3H3,(H2,16,17,18). The largest absolute Gasteiger partial charge is 0.396 e. The van der Waals surface area contributed by atoms with Gasteiger partial charge < -0.3 is 15.7 Å². The molecule has 1 atom stereocenters. The number of piperidine rings is 1. The van der Waals surface area contributed by atoms with Crippen LogP contribution in [0.3, 0.4) is 0 Å². The average Bonchev–Trinajstić information content (AvgIpc) is 2.38. The molecular formula is C15H26N4O. The fraction of sp³-hybridized carbons (Fsp3) is 0.733. The molecule has 0 saturated carbocycles. The highest BCUT2D eigenvalue weighted by molar-refractivity contribution is 5.48. The van der Waals surface area contributed by atoms with Crippen molar-refractivity contribution in [2.75, 3.05) is 23.8 Å². The predicted octanol–water partition coefficient (Wildman–Crippen LogP) is 2.10. The van der Waals surface area contributed by atoms with Crippen molar-refractivity contribution < 1.29 is 5.11 Å². The topological polar surface area (TPSA) is 75.3 Å². The zero-order chi connectivity index (χ0) is 14.8. The van der Waals surface area contributed by atoms with Crippen molar-refractivity contribution in [3.63, 3.8) is 0 Å². The number of aliphatic hydroxyl groups excluding tert-OH is 1. The molecule has 0 spiro atoms. The first-order valence-corrected chi connectivity index (χ1v) is 7.44. The molecule has 20 heavy (non-hydrogen) atoms. The van der Waals surface area contributed by atoms with Gasteiger partial charge in [-0.05, 0) is 25.7 Å². The van der Waals surface area contributed by atoms with E-state index >= 15 is 0 Å². The Bertz CT molecular complexity index is 454. The Morgan fingerprint density at radius 2 is 2.10 bits per heavy atom. The second-order valence-electron chi connectivity index (χ2n) is 6.58. The molecule has 2 heterocycles. The molecule has 1 fully saturated rings. The van der Waals surface area contributed by atoms with Crippen molar-refractivity contribution >= 4 is 11.6 Å². The number of rotatable bonds is 3. The van der Waals surface area contributed by atoms with E-state index in [1.807, 2.05) is 6.07 Å². The Labute approximate surface area is 121 Å². The molecule has 3 N–H and O–H groups in total. The fourth-order valence-electron chi connectivity index (χ4n) is 2.69. The summed E-state index contributed by atoms with van der Waals surface area (Å²) < 4.78 is 0. The SMILES string of the molecule is CC(C)(C)c1nc(N)cc(N2CCCCC2CCO)n1. The van der Waals surface area contributed by atoms with Crippen molar-refractivity contribution in [3.8, 4) is 0 Å². The number of hydrogen-bond acceptors (Lipinski definition) is 5. The van der Waals surface area contributed by atoms with E-state index in [-0.39, 0.29) is 12.0 Å². The first kappa shape index (κ1) is 15.0. The molecule has 0 aromatic carbocycles. The Morgan fingerprint density at radius 1 is 1.35 bits per heavy atom. The minimum atomic E-state index is -0.119. The molecule has 5 heteroatoms.